The second kappa shape index (κ2) is 7.59. The van der Waals surface area contributed by atoms with Crippen LogP contribution in [0.1, 0.15) is 25.8 Å². The first-order valence-corrected chi connectivity index (χ1v) is 7.65. The molecule has 1 aromatic heterocycles. The Bertz CT molecular complexity index is 720. The van der Waals surface area contributed by atoms with E-state index in [1.54, 1.807) is 25.5 Å². The van der Waals surface area contributed by atoms with Gasteiger partial charge in [-0.1, -0.05) is 19.1 Å². The molecule has 0 aliphatic carbocycles. The van der Waals surface area contributed by atoms with Crippen LogP contribution in [0.15, 0.2) is 49.1 Å². The molecule has 126 valence electrons. The summed E-state index contributed by atoms with van der Waals surface area (Å²) in [5, 5.41) is 2.69. The van der Waals surface area contributed by atoms with Crippen LogP contribution in [0.5, 0.6) is 0 Å². The number of nitrogens with zero attached hydrogens (tertiary/aromatic N) is 2. The molecule has 1 heterocycles. The second-order valence-electron chi connectivity index (χ2n) is 5.56. The number of imidazole rings is 1. The van der Waals surface area contributed by atoms with Crippen molar-refractivity contribution in [1.82, 2.24) is 14.9 Å². The van der Waals surface area contributed by atoms with Gasteiger partial charge in [0, 0.05) is 24.2 Å². The highest BCUT2D eigenvalue weighted by molar-refractivity contribution is 5.96. The first-order chi connectivity index (χ1) is 11.5. The van der Waals surface area contributed by atoms with Crippen molar-refractivity contribution in [2.45, 2.75) is 25.8 Å². The summed E-state index contributed by atoms with van der Waals surface area (Å²) >= 11 is 0. The Kier molecular flexibility index (Phi) is 5.52. The standard InChI is InChI=1S/C18H21N3O3/c1-4-18(2,17(23)24-3)20-16(22)10-7-14-5-8-15(9-6-14)21-12-11-19-13-21/h5-13H,4H2,1-3H3,(H,20,22)/b10-7+/t18-/m0/s1. The third kappa shape index (κ3) is 4.10. The summed E-state index contributed by atoms with van der Waals surface area (Å²) in [7, 11) is 1.31. The van der Waals surface area contributed by atoms with Gasteiger partial charge in [0.05, 0.1) is 13.4 Å². The van der Waals surface area contributed by atoms with E-state index in [-0.39, 0.29) is 5.91 Å². The van der Waals surface area contributed by atoms with Gasteiger partial charge in [0.1, 0.15) is 5.54 Å². The first-order valence-electron chi connectivity index (χ1n) is 7.65. The minimum atomic E-state index is -1.03. The van der Waals surface area contributed by atoms with E-state index in [9.17, 15) is 9.59 Å². The van der Waals surface area contributed by atoms with E-state index < -0.39 is 11.5 Å². The molecule has 1 N–H and O–H groups in total. The third-order valence-corrected chi connectivity index (χ3v) is 3.86. The van der Waals surface area contributed by atoms with Crippen molar-refractivity contribution in [3.63, 3.8) is 0 Å². The Morgan fingerprint density at radius 2 is 2.04 bits per heavy atom. The van der Waals surface area contributed by atoms with E-state index in [0.29, 0.717) is 6.42 Å². The van der Waals surface area contributed by atoms with Gasteiger partial charge in [-0.15, -0.1) is 0 Å². The monoisotopic (exact) mass is 327 g/mol. The molecule has 0 saturated heterocycles. The number of nitrogens with one attached hydrogen (secondary N) is 1. The molecule has 6 heteroatoms. The zero-order valence-electron chi connectivity index (χ0n) is 14.0. The second-order valence-corrected chi connectivity index (χ2v) is 5.56. The van der Waals surface area contributed by atoms with Gasteiger partial charge in [-0.05, 0) is 37.1 Å². The molecule has 1 atom stereocenters. The molecule has 0 radical (unpaired) electrons. The minimum Gasteiger partial charge on any atom is -0.467 e. The summed E-state index contributed by atoms with van der Waals surface area (Å²) in [6.07, 6.45) is 8.83. The molecular formula is C18H21N3O3. The van der Waals surface area contributed by atoms with Crippen LogP contribution in [0, 0.1) is 0 Å². The quantitative estimate of drug-likeness (QED) is 0.653. The number of amides is 1. The Balaban J connectivity index is 2.02. The minimum absolute atomic E-state index is 0.344. The number of aromatic nitrogens is 2. The Morgan fingerprint density at radius 1 is 1.33 bits per heavy atom. The maximum Gasteiger partial charge on any atom is 0.331 e. The number of carbonyl (C=O) groups is 2. The number of carbonyl (C=O) groups excluding carboxylic acids is 2. The predicted molar refractivity (Wildman–Crippen MR) is 91.5 cm³/mol. The molecule has 6 nitrogen and oxygen atoms in total. The van der Waals surface area contributed by atoms with E-state index in [1.165, 1.54) is 13.2 Å². The van der Waals surface area contributed by atoms with Gasteiger partial charge in [-0.2, -0.15) is 0 Å². The maximum absolute atomic E-state index is 12.0. The molecule has 0 aliphatic heterocycles. The van der Waals surface area contributed by atoms with Crippen LogP contribution >= 0.6 is 0 Å². The van der Waals surface area contributed by atoms with Gasteiger partial charge >= 0.3 is 5.97 Å². The number of esters is 1. The van der Waals surface area contributed by atoms with Crippen molar-refractivity contribution >= 4 is 18.0 Å². The lowest BCUT2D eigenvalue weighted by molar-refractivity contribution is -0.149. The van der Waals surface area contributed by atoms with Crippen LogP contribution in [-0.2, 0) is 14.3 Å². The van der Waals surface area contributed by atoms with Gasteiger partial charge in [-0.25, -0.2) is 9.78 Å². The van der Waals surface area contributed by atoms with E-state index in [4.69, 9.17) is 4.74 Å². The van der Waals surface area contributed by atoms with Crippen LogP contribution in [-0.4, -0.2) is 34.1 Å². The van der Waals surface area contributed by atoms with Crippen molar-refractivity contribution in [3.05, 3.63) is 54.6 Å². The lowest BCUT2D eigenvalue weighted by Crippen LogP contribution is -2.51. The third-order valence-electron chi connectivity index (χ3n) is 3.86. The molecule has 0 unspecified atom stereocenters. The largest absolute Gasteiger partial charge is 0.467 e. The van der Waals surface area contributed by atoms with Crippen molar-refractivity contribution in [2.24, 2.45) is 0 Å². The predicted octanol–water partition coefficient (Wildman–Crippen LogP) is 2.34. The van der Waals surface area contributed by atoms with Gasteiger partial charge in [0.25, 0.3) is 0 Å². The molecule has 1 aromatic carbocycles. The van der Waals surface area contributed by atoms with Gasteiger partial charge < -0.3 is 14.6 Å². The number of rotatable bonds is 6. The average molecular weight is 327 g/mol. The smallest absolute Gasteiger partial charge is 0.331 e. The van der Waals surface area contributed by atoms with Gasteiger partial charge in [-0.3, -0.25) is 4.79 Å². The van der Waals surface area contributed by atoms with Crippen LogP contribution in [0.2, 0.25) is 0 Å². The zero-order valence-corrected chi connectivity index (χ0v) is 14.0. The normalized spacial score (nSPS) is 13.5. The maximum atomic E-state index is 12.0. The van der Waals surface area contributed by atoms with Crippen molar-refractivity contribution in [2.75, 3.05) is 7.11 Å². The topological polar surface area (TPSA) is 73.2 Å². The summed E-state index contributed by atoms with van der Waals surface area (Å²) in [5.41, 5.74) is 0.838. The molecule has 0 bridgehead atoms. The molecule has 2 aromatic rings. The van der Waals surface area contributed by atoms with Gasteiger partial charge in [0.15, 0.2) is 0 Å². The van der Waals surface area contributed by atoms with Gasteiger partial charge in [0.2, 0.25) is 5.91 Å². The average Bonchev–Trinajstić information content (AvgIpc) is 3.14. The fourth-order valence-corrected chi connectivity index (χ4v) is 2.16. The molecule has 0 saturated carbocycles. The molecule has 2 rings (SSSR count). The first kappa shape index (κ1) is 17.5. The van der Waals surface area contributed by atoms with Crippen LogP contribution < -0.4 is 5.32 Å². The van der Waals surface area contributed by atoms with E-state index in [0.717, 1.165) is 11.3 Å². The Hall–Kier alpha value is -2.89. The number of ether oxygens (including phenoxy) is 1. The molecule has 1 amide bonds. The lowest BCUT2D eigenvalue weighted by atomic mass is 9.99. The Morgan fingerprint density at radius 3 is 2.58 bits per heavy atom. The van der Waals surface area contributed by atoms with Crippen LogP contribution in [0.25, 0.3) is 11.8 Å². The van der Waals surface area contributed by atoms with E-state index in [1.807, 2.05) is 42.0 Å². The summed E-state index contributed by atoms with van der Waals surface area (Å²) in [6, 6.07) is 7.67. The van der Waals surface area contributed by atoms with Crippen molar-refractivity contribution < 1.29 is 14.3 Å². The molecule has 0 aliphatic rings. The van der Waals surface area contributed by atoms with Crippen molar-refractivity contribution in [1.29, 1.82) is 0 Å². The molecule has 0 spiro atoms. The number of hydrogen-bond donors (Lipinski definition) is 1. The molecular weight excluding hydrogens is 306 g/mol. The van der Waals surface area contributed by atoms with Crippen LogP contribution in [0.4, 0.5) is 0 Å². The summed E-state index contributed by atoms with van der Waals surface area (Å²) in [4.78, 5) is 27.8. The fourth-order valence-electron chi connectivity index (χ4n) is 2.16. The van der Waals surface area contributed by atoms with Crippen molar-refractivity contribution in [3.8, 4) is 5.69 Å². The molecule has 0 fully saturated rings. The number of hydrogen-bond acceptors (Lipinski definition) is 4. The lowest BCUT2D eigenvalue weighted by Gasteiger charge is -2.25. The SMILES string of the molecule is CC[C@](C)(NC(=O)/C=C/c1ccc(-n2ccnc2)cc1)C(=O)OC. The Labute approximate surface area is 141 Å². The van der Waals surface area contributed by atoms with Crippen LogP contribution in [0.3, 0.4) is 0 Å². The van der Waals surface area contributed by atoms with E-state index >= 15 is 0 Å². The zero-order chi connectivity index (χ0) is 17.6. The van der Waals surface area contributed by atoms with E-state index in [2.05, 4.69) is 10.3 Å². The summed E-state index contributed by atoms with van der Waals surface area (Å²) < 4.78 is 6.63. The summed E-state index contributed by atoms with van der Waals surface area (Å²) in [5.74, 6) is -0.806. The summed E-state index contributed by atoms with van der Waals surface area (Å²) in [6.45, 7) is 3.46. The number of methoxy groups -OCH3 is 1. The number of benzene rings is 1. The molecule has 24 heavy (non-hydrogen) atoms. The highest BCUT2D eigenvalue weighted by Crippen LogP contribution is 2.13. The highest BCUT2D eigenvalue weighted by atomic mass is 16.5. The highest BCUT2D eigenvalue weighted by Gasteiger charge is 2.33. The fraction of sp³-hybridized carbons (Fsp3) is 0.278.